The summed E-state index contributed by atoms with van der Waals surface area (Å²) in [4.78, 5) is 4.54. The zero-order valence-corrected chi connectivity index (χ0v) is 31.0. The lowest BCUT2D eigenvalue weighted by molar-refractivity contribution is 1.17. The van der Waals surface area contributed by atoms with Crippen LogP contribution in [0.15, 0.2) is 207 Å². The zero-order valence-electron chi connectivity index (χ0n) is 31.0. The molecule has 57 heavy (non-hydrogen) atoms. The molecule has 0 spiro atoms. The van der Waals surface area contributed by atoms with Gasteiger partial charge in [-0.1, -0.05) is 164 Å². The molecule has 0 atom stereocenters. The molecule has 0 saturated carbocycles. The molecule has 0 aliphatic heterocycles. The molecule has 2 heterocycles. The first-order valence-electron chi connectivity index (χ1n) is 19.6. The van der Waals surface area contributed by atoms with Crippen molar-refractivity contribution in [2.24, 2.45) is 0 Å². The predicted octanol–water partition coefficient (Wildman–Crippen LogP) is 14.8. The van der Waals surface area contributed by atoms with Crippen molar-refractivity contribution < 1.29 is 0 Å². The van der Waals surface area contributed by atoms with Gasteiger partial charge in [-0.2, -0.15) is 0 Å². The average Bonchev–Trinajstić information content (AvgIpc) is 3.80. The first-order chi connectivity index (χ1) is 28.3. The maximum atomic E-state index is 4.54. The lowest BCUT2D eigenvalue weighted by atomic mass is 9.82. The van der Waals surface area contributed by atoms with Crippen LogP contribution in [-0.2, 0) is 0 Å². The second-order valence-corrected chi connectivity index (χ2v) is 15.0. The Hall–Kier alpha value is -7.55. The Labute approximate surface area is 330 Å². The molecule has 9 aromatic carbocycles. The highest BCUT2D eigenvalue weighted by Crippen LogP contribution is 2.58. The minimum absolute atomic E-state index is 1.13. The molecule has 0 saturated heterocycles. The van der Waals surface area contributed by atoms with Crippen LogP contribution < -0.4 is 0 Å². The van der Waals surface area contributed by atoms with Crippen LogP contribution >= 0.6 is 0 Å². The van der Waals surface area contributed by atoms with E-state index in [-0.39, 0.29) is 0 Å². The van der Waals surface area contributed by atoms with Crippen LogP contribution in [0.4, 0.5) is 0 Å². The van der Waals surface area contributed by atoms with Gasteiger partial charge in [0, 0.05) is 28.9 Å². The molecule has 2 nitrogen and oxygen atoms in total. The second kappa shape index (κ2) is 12.5. The van der Waals surface area contributed by atoms with E-state index in [4.69, 9.17) is 0 Å². The summed E-state index contributed by atoms with van der Waals surface area (Å²) in [5.41, 5.74) is 18.6. The van der Waals surface area contributed by atoms with Crippen LogP contribution in [0.2, 0.25) is 0 Å². The Morgan fingerprint density at radius 2 is 0.860 bits per heavy atom. The summed E-state index contributed by atoms with van der Waals surface area (Å²) in [5, 5.41) is 7.50. The van der Waals surface area contributed by atoms with E-state index in [1.165, 1.54) is 99.2 Å². The van der Waals surface area contributed by atoms with Gasteiger partial charge in [0.15, 0.2) is 0 Å². The van der Waals surface area contributed by atoms with Crippen molar-refractivity contribution in [3.05, 3.63) is 207 Å². The van der Waals surface area contributed by atoms with E-state index in [0.717, 1.165) is 16.6 Å². The summed E-state index contributed by atoms with van der Waals surface area (Å²) in [6, 6.07) is 71.1. The molecule has 0 unspecified atom stereocenters. The highest BCUT2D eigenvalue weighted by Gasteiger charge is 2.31. The van der Waals surface area contributed by atoms with Crippen molar-refractivity contribution in [3.8, 4) is 72.4 Å². The molecule has 1 aliphatic rings. The number of pyridine rings is 1. The van der Waals surface area contributed by atoms with Crippen molar-refractivity contribution in [3.63, 3.8) is 0 Å². The van der Waals surface area contributed by atoms with Gasteiger partial charge in [-0.3, -0.25) is 4.98 Å². The molecule has 11 aromatic rings. The van der Waals surface area contributed by atoms with Gasteiger partial charge >= 0.3 is 0 Å². The van der Waals surface area contributed by atoms with Gasteiger partial charge in [0.25, 0.3) is 0 Å². The second-order valence-electron chi connectivity index (χ2n) is 15.0. The minimum Gasteiger partial charge on any atom is -0.309 e. The SMILES string of the molecule is c1ccc(-c2ccc3c(c2)c2cnccc2n3-c2ccc(-c3ccc4c5c(cccc35)-c3c-4c(-c4ccccc4)c4ccccc4c3-c3ccccc3)cc2)cc1. The van der Waals surface area contributed by atoms with Crippen LogP contribution in [0.1, 0.15) is 0 Å². The Bertz CT molecular complexity index is 3270. The number of aromatic nitrogens is 2. The topological polar surface area (TPSA) is 17.8 Å². The molecular weight excluding hydrogens is 689 g/mol. The Balaban J connectivity index is 1.05. The van der Waals surface area contributed by atoms with Crippen molar-refractivity contribution in [1.29, 1.82) is 0 Å². The molecule has 264 valence electrons. The fourth-order valence-electron chi connectivity index (χ4n) is 9.61. The number of rotatable bonds is 5. The Morgan fingerprint density at radius 1 is 0.316 bits per heavy atom. The molecule has 2 aromatic heterocycles. The standard InChI is InChI=1S/C55H34N2/c1-4-13-35(14-5-1)39-25-30-49-47(33-39)48-34-56-32-31-50(48)57(49)40-26-23-36(24-27-40)41-28-29-46-53-42(41)21-12-22-45(53)54-51(37-15-6-2-7-16-37)43-19-10-11-20-44(43)52(55(46)54)38-17-8-3-9-18-38/h1-34H. The van der Waals surface area contributed by atoms with E-state index in [1.807, 2.05) is 12.4 Å². The third-order valence-corrected chi connectivity index (χ3v) is 12.0. The molecule has 0 radical (unpaired) electrons. The maximum absolute atomic E-state index is 4.54. The molecular formula is C55H34N2. The minimum atomic E-state index is 1.13. The van der Waals surface area contributed by atoms with Gasteiger partial charge in [0.1, 0.15) is 0 Å². The van der Waals surface area contributed by atoms with Crippen molar-refractivity contribution in [2.75, 3.05) is 0 Å². The monoisotopic (exact) mass is 722 g/mol. The molecule has 1 aliphatic carbocycles. The lowest BCUT2D eigenvalue weighted by Gasteiger charge is -2.20. The zero-order chi connectivity index (χ0) is 37.5. The van der Waals surface area contributed by atoms with E-state index in [9.17, 15) is 0 Å². The van der Waals surface area contributed by atoms with Crippen LogP contribution in [0.5, 0.6) is 0 Å². The quantitative estimate of drug-likeness (QED) is 0.173. The van der Waals surface area contributed by atoms with Gasteiger partial charge in [-0.05, 0) is 119 Å². The summed E-state index contributed by atoms with van der Waals surface area (Å²) in [5.74, 6) is 0. The van der Waals surface area contributed by atoms with Gasteiger partial charge in [0.2, 0.25) is 0 Å². The molecule has 12 rings (SSSR count). The molecule has 0 fully saturated rings. The number of benzene rings is 9. The predicted molar refractivity (Wildman–Crippen MR) is 240 cm³/mol. The number of fused-ring (bicyclic) bond motifs is 7. The average molecular weight is 723 g/mol. The molecule has 0 N–H and O–H groups in total. The first kappa shape index (κ1) is 31.8. The largest absolute Gasteiger partial charge is 0.309 e. The van der Waals surface area contributed by atoms with E-state index in [2.05, 4.69) is 204 Å². The third kappa shape index (κ3) is 4.74. The van der Waals surface area contributed by atoms with Crippen LogP contribution in [-0.4, -0.2) is 9.55 Å². The van der Waals surface area contributed by atoms with Crippen molar-refractivity contribution in [2.45, 2.75) is 0 Å². The molecule has 0 amide bonds. The van der Waals surface area contributed by atoms with Gasteiger partial charge in [-0.15, -0.1) is 0 Å². The first-order valence-corrected chi connectivity index (χ1v) is 19.6. The summed E-state index contributed by atoms with van der Waals surface area (Å²) in [6.07, 6.45) is 3.89. The number of hydrogen-bond acceptors (Lipinski definition) is 1. The van der Waals surface area contributed by atoms with E-state index >= 15 is 0 Å². The highest BCUT2D eigenvalue weighted by molar-refractivity contribution is 6.28. The van der Waals surface area contributed by atoms with Crippen LogP contribution in [0.25, 0.3) is 116 Å². The van der Waals surface area contributed by atoms with E-state index < -0.39 is 0 Å². The maximum Gasteiger partial charge on any atom is 0.0571 e. The van der Waals surface area contributed by atoms with Gasteiger partial charge < -0.3 is 4.57 Å². The van der Waals surface area contributed by atoms with E-state index in [0.29, 0.717) is 0 Å². The van der Waals surface area contributed by atoms with Gasteiger partial charge in [0.05, 0.1) is 11.0 Å². The van der Waals surface area contributed by atoms with Gasteiger partial charge in [-0.25, -0.2) is 0 Å². The fraction of sp³-hybridized carbons (Fsp3) is 0. The normalized spacial score (nSPS) is 11.9. The summed E-state index contributed by atoms with van der Waals surface area (Å²) < 4.78 is 2.37. The van der Waals surface area contributed by atoms with Crippen molar-refractivity contribution >= 4 is 43.4 Å². The smallest absolute Gasteiger partial charge is 0.0571 e. The van der Waals surface area contributed by atoms with Crippen LogP contribution in [0, 0.1) is 0 Å². The summed E-state index contributed by atoms with van der Waals surface area (Å²) >= 11 is 0. The Morgan fingerprint density at radius 3 is 1.53 bits per heavy atom. The number of nitrogens with zero attached hydrogens (tertiary/aromatic N) is 2. The molecule has 2 heteroatoms. The third-order valence-electron chi connectivity index (χ3n) is 12.0. The van der Waals surface area contributed by atoms with Crippen molar-refractivity contribution in [1.82, 2.24) is 9.55 Å². The number of hydrogen-bond donors (Lipinski definition) is 0. The van der Waals surface area contributed by atoms with Crippen LogP contribution in [0.3, 0.4) is 0 Å². The molecule has 0 bridgehead atoms. The fourth-order valence-corrected chi connectivity index (χ4v) is 9.61. The summed E-state index contributed by atoms with van der Waals surface area (Å²) in [7, 11) is 0. The Kier molecular flexibility index (Phi) is 6.96. The van der Waals surface area contributed by atoms with E-state index in [1.54, 1.807) is 0 Å². The lowest BCUT2D eigenvalue weighted by Crippen LogP contribution is -1.94. The highest BCUT2D eigenvalue weighted by atomic mass is 15.0. The summed E-state index contributed by atoms with van der Waals surface area (Å²) in [6.45, 7) is 0.